The van der Waals surface area contributed by atoms with E-state index in [1.165, 1.54) is 12.1 Å². The molecule has 7 aromatic rings. The zero-order valence-corrected chi connectivity index (χ0v) is 48.9. The van der Waals surface area contributed by atoms with Crippen LogP contribution in [0.4, 0.5) is 0 Å². The van der Waals surface area contributed by atoms with Crippen molar-refractivity contribution in [2.45, 2.75) is 107 Å². The van der Waals surface area contributed by atoms with E-state index in [1.807, 2.05) is 109 Å². The average Bonchev–Trinajstić information content (AvgIpc) is 4.02. The Morgan fingerprint density at radius 2 is 1.19 bits per heavy atom. The number of hydrogen-bond donors (Lipinski definition) is 12. The Morgan fingerprint density at radius 1 is 0.624 bits per heavy atom. The zero-order chi connectivity index (χ0) is 60.6. The third kappa shape index (κ3) is 17.3. The van der Waals surface area contributed by atoms with E-state index in [-0.39, 0.29) is 55.9 Å². The normalized spacial score (nSPS) is 20.3. The van der Waals surface area contributed by atoms with Crippen molar-refractivity contribution in [1.82, 2.24) is 42.2 Å². The van der Waals surface area contributed by atoms with Crippen LogP contribution < -0.4 is 54.4 Å². The highest BCUT2D eigenvalue weighted by Gasteiger charge is 2.36. The van der Waals surface area contributed by atoms with Gasteiger partial charge in [0.05, 0.1) is 6.04 Å². The summed E-state index contributed by atoms with van der Waals surface area (Å²) in [5.41, 5.74) is 21.8. The number of para-hydroxylation sites is 1. The summed E-state index contributed by atoms with van der Waals surface area (Å²) in [7, 11) is 2.14. The van der Waals surface area contributed by atoms with Gasteiger partial charge in [-0.3, -0.25) is 38.4 Å². The van der Waals surface area contributed by atoms with Gasteiger partial charge in [-0.25, -0.2) is 0 Å². The second-order valence-electron chi connectivity index (χ2n) is 21.7. The van der Waals surface area contributed by atoms with Gasteiger partial charge >= 0.3 is 0 Å². The summed E-state index contributed by atoms with van der Waals surface area (Å²) in [5.74, 6) is -7.08. The molecule has 1 fully saturated rings. The number of benzene rings is 6. The number of H-pyrrole nitrogens is 1. The van der Waals surface area contributed by atoms with Gasteiger partial charge < -0.3 is 64.5 Å². The molecule has 1 saturated heterocycles. The number of aromatic hydroxyl groups is 1. The van der Waals surface area contributed by atoms with E-state index in [0.717, 1.165) is 59.6 Å². The van der Waals surface area contributed by atoms with E-state index in [4.69, 9.17) is 17.2 Å². The number of hydrogen-bond acceptors (Lipinski definition) is 13. The SMILES string of the molecule is CC(C)C1NC(=O)[C@H](CCCCN)NC(=O)[C@@H](Cc2c[nH]c3ccccc23)NC(=O)[C@H](Cc2ccc(O)cc2)NC(=O)[C@@H](NC(=O)[C@H](N)Cc2ccc3ccccc3c2)CSSC[C@@H](C(=O)N[C@@H](Cc2ccc3ccccc3c2)C(N)=O)NC1=O. The Hall–Kier alpha value is -8.44. The van der Waals surface area contributed by atoms with Crippen LogP contribution in [-0.2, 0) is 64.0 Å². The van der Waals surface area contributed by atoms with Gasteiger partial charge in [0.2, 0.25) is 47.3 Å². The molecule has 0 bridgehead atoms. The number of carbonyl (C=O) groups is 8. The van der Waals surface area contributed by atoms with Gasteiger partial charge in [0.1, 0.15) is 48.0 Å². The summed E-state index contributed by atoms with van der Waals surface area (Å²) in [6, 6.07) is 29.7. The number of phenolic OH excluding ortho intramolecular Hbond substituents is 1. The maximum Gasteiger partial charge on any atom is 0.244 e. The molecule has 8 rings (SSSR count). The van der Waals surface area contributed by atoms with E-state index < -0.39 is 102 Å². The number of carbonyl (C=O) groups excluding carboxylic acids is 8. The largest absolute Gasteiger partial charge is 0.508 e. The second kappa shape index (κ2) is 29.9. The molecule has 0 spiro atoms. The summed E-state index contributed by atoms with van der Waals surface area (Å²) in [6.45, 7) is 3.69. The molecule has 8 atom stereocenters. The summed E-state index contributed by atoms with van der Waals surface area (Å²) in [5, 5.41) is 34.5. The molecule has 15 N–H and O–H groups in total. The first-order chi connectivity index (χ1) is 40.9. The van der Waals surface area contributed by atoms with Crippen molar-refractivity contribution in [2.24, 2.45) is 23.1 Å². The highest BCUT2D eigenvalue weighted by atomic mass is 33.1. The van der Waals surface area contributed by atoms with Crippen molar-refractivity contribution < 1.29 is 43.5 Å². The lowest BCUT2D eigenvalue weighted by Gasteiger charge is -2.29. The van der Waals surface area contributed by atoms with Crippen molar-refractivity contribution in [1.29, 1.82) is 0 Å². The molecule has 2 heterocycles. The molecule has 1 aliphatic heterocycles. The van der Waals surface area contributed by atoms with Crippen molar-refractivity contribution in [3.8, 4) is 5.75 Å². The molecule has 85 heavy (non-hydrogen) atoms. The Bertz CT molecular complexity index is 3530. The number of amides is 8. The molecular formula is C63H73N11O9S2. The van der Waals surface area contributed by atoms with Crippen molar-refractivity contribution >= 4 is 101 Å². The van der Waals surface area contributed by atoms with Crippen LogP contribution in [0.15, 0.2) is 140 Å². The van der Waals surface area contributed by atoms with E-state index >= 15 is 0 Å². The Morgan fingerprint density at radius 3 is 1.84 bits per heavy atom. The lowest BCUT2D eigenvalue weighted by molar-refractivity contribution is -0.136. The Balaban J connectivity index is 1.14. The summed E-state index contributed by atoms with van der Waals surface area (Å²) >= 11 is 0. The van der Waals surface area contributed by atoms with E-state index in [0.29, 0.717) is 29.5 Å². The Kier molecular flexibility index (Phi) is 22.0. The lowest BCUT2D eigenvalue weighted by Crippen LogP contribution is -2.61. The monoisotopic (exact) mass is 1190 g/mol. The molecule has 22 heteroatoms. The quantitative estimate of drug-likeness (QED) is 0.0430. The molecule has 1 unspecified atom stereocenters. The maximum atomic E-state index is 15.0. The minimum absolute atomic E-state index is 0.0182. The first kappa shape index (κ1) is 62.6. The second-order valence-corrected chi connectivity index (χ2v) is 24.2. The molecule has 0 aliphatic carbocycles. The molecule has 8 amide bonds. The summed E-state index contributed by atoms with van der Waals surface area (Å²) < 4.78 is 0. The minimum atomic E-state index is -1.41. The van der Waals surface area contributed by atoms with Crippen LogP contribution in [-0.4, -0.2) is 124 Å². The zero-order valence-electron chi connectivity index (χ0n) is 47.3. The molecule has 20 nitrogen and oxygen atoms in total. The highest BCUT2D eigenvalue weighted by Crippen LogP contribution is 2.26. The Labute approximate surface area is 500 Å². The highest BCUT2D eigenvalue weighted by molar-refractivity contribution is 8.76. The van der Waals surface area contributed by atoms with Gasteiger partial charge in [-0.2, -0.15) is 0 Å². The van der Waals surface area contributed by atoms with E-state index in [9.17, 15) is 43.5 Å². The fraction of sp³-hybridized carbons (Fsp3) is 0.333. The van der Waals surface area contributed by atoms with Crippen LogP contribution in [0.3, 0.4) is 0 Å². The van der Waals surface area contributed by atoms with Crippen LogP contribution in [0.1, 0.15) is 55.4 Å². The molecule has 446 valence electrons. The van der Waals surface area contributed by atoms with Crippen LogP contribution in [0.5, 0.6) is 5.75 Å². The molecule has 1 aliphatic rings. The van der Waals surface area contributed by atoms with Crippen LogP contribution in [0.2, 0.25) is 0 Å². The molecule has 1 aromatic heterocycles. The predicted octanol–water partition coefficient (Wildman–Crippen LogP) is 3.84. The summed E-state index contributed by atoms with van der Waals surface area (Å²) in [4.78, 5) is 119. The minimum Gasteiger partial charge on any atom is -0.508 e. The topological polar surface area (TPSA) is 335 Å². The van der Waals surface area contributed by atoms with Gasteiger partial charge in [0, 0.05) is 47.9 Å². The van der Waals surface area contributed by atoms with Crippen molar-refractivity contribution in [3.05, 3.63) is 162 Å². The standard InChI is InChI=1S/C63H73N11O9S2/c1-36(2)55-63(83)73-54(61(81)69-50(56(66)76)31-39-19-23-41-12-4-6-14-43(41)28-39)35-85-84-34-53(72-57(77)47(65)29-38-18-22-40-11-3-5-13-42(40)27-38)62(82)70-51(30-37-20-24-45(75)25-21-37)59(79)71-52(32-44-33-67-48-16-8-7-15-46(44)48)60(80)68-49(58(78)74-55)17-9-10-26-64/h3-8,11-16,18-25,27-28,33,36,47,49-55,67,75H,9-10,17,26,29-32,34-35,64-65H2,1-2H3,(H2,66,76)(H,68,80)(H,69,81)(H,70,82)(H,71,79)(H,72,77)(H,73,83)(H,74,78)/t47-,49+,50+,51+,52-,53+,54+,55?/m1/s1. The smallest absolute Gasteiger partial charge is 0.244 e. The summed E-state index contributed by atoms with van der Waals surface area (Å²) in [6.07, 6.45) is 2.56. The number of rotatable bonds is 18. The predicted molar refractivity (Wildman–Crippen MR) is 332 cm³/mol. The van der Waals surface area contributed by atoms with Gasteiger partial charge in [0.15, 0.2) is 0 Å². The van der Waals surface area contributed by atoms with Crippen molar-refractivity contribution in [3.63, 3.8) is 0 Å². The maximum absolute atomic E-state index is 15.0. The average molecular weight is 1190 g/mol. The van der Waals surface area contributed by atoms with Crippen LogP contribution in [0.25, 0.3) is 32.4 Å². The third-order valence-electron chi connectivity index (χ3n) is 14.9. The van der Waals surface area contributed by atoms with Crippen molar-refractivity contribution in [2.75, 3.05) is 18.1 Å². The number of primary amides is 1. The molecule has 0 radical (unpaired) electrons. The number of aromatic amines is 1. The van der Waals surface area contributed by atoms with E-state index in [2.05, 4.69) is 42.2 Å². The fourth-order valence-electron chi connectivity index (χ4n) is 10.1. The first-order valence-corrected chi connectivity index (χ1v) is 30.8. The van der Waals surface area contributed by atoms with Crippen LogP contribution >= 0.6 is 21.6 Å². The molecule has 0 saturated carbocycles. The van der Waals surface area contributed by atoms with Crippen LogP contribution in [0, 0.1) is 5.92 Å². The number of nitrogens with two attached hydrogens (primary N) is 3. The first-order valence-electron chi connectivity index (χ1n) is 28.3. The van der Waals surface area contributed by atoms with Gasteiger partial charge in [-0.05, 0) is 100 Å². The fourth-order valence-corrected chi connectivity index (χ4v) is 12.4. The van der Waals surface area contributed by atoms with E-state index in [1.54, 1.807) is 32.2 Å². The van der Waals surface area contributed by atoms with Gasteiger partial charge in [-0.1, -0.05) is 151 Å². The number of phenols is 1. The number of fused-ring (bicyclic) bond motifs is 3. The van der Waals surface area contributed by atoms with Gasteiger partial charge in [-0.15, -0.1) is 0 Å². The van der Waals surface area contributed by atoms with Gasteiger partial charge in [0.25, 0.3) is 0 Å². The molecular weight excluding hydrogens is 1120 g/mol. The number of aromatic nitrogens is 1. The number of nitrogens with one attached hydrogen (secondary N) is 8. The number of unbranched alkanes of at least 4 members (excludes halogenated alkanes) is 1. The third-order valence-corrected chi connectivity index (χ3v) is 17.3. The lowest BCUT2D eigenvalue weighted by atomic mass is 9.99. The molecule has 6 aromatic carbocycles.